The molecule has 5 nitrogen and oxygen atoms in total. The Bertz CT molecular complexity index is 344. The summed E-state index contributed by atoms with van der Waals surface area (Å²) in [5.41, 5.74) is 5.70. The van der Waals surface area contributed by atoms with Crippen molar-refractivity contribution in [3.8, 4) is 0 Å². The summed E-state index contributed by atoms with van der Waals surface area (Å²) in [5.74, 6) is -0.00384. The van der Waals surface area contributed by atoms with Crippen molar-refractivity contribution in [3.63, 3.8) is 0 Å². The molecule has 2 saturated heterocycles. The number of hydrogen-bond donors (Lipinski definition) is 2. The molecule has 0 aromatic rings. The molecule has 0 bridgehead atoms. The molecule has 2 heterocycles. The number of aliphatic hydroxyl groups excluding tert-OH is 1. The van der Waals surface area contributed by atoms with Crippen LogP contribution in [0.3, 0.4) is 0 Å². The Hall–Kier alpha value is -0.170. The molecule has 6 heteroatoms. The number of aliphatic hydroxyl groups is 1. The summed E-state index contributed by atoms with van der Waals surface area (Å²) >= 11 is 0. The Balaban J connectivity index is 2.11. The van der Waals surface area contributed by atoms with E-state index in [0.717, 1.165) is 25.8 Å². The Morgan fingerprint density at radius 3 is 2.62 bits per heavy atom. The molecule has 2 rings (SSSR count). The van der Waals surface area contributed by atoms with Gasteiger partial charge < -0.3 is 10.8 Å². The zero-order chi connectivity index (χ0) is 11.8. The molecule has 3 N–H and O–H groups in total. The van der Waals surface area contributed by atoms with Gasteiger partial charge in [0, 0.05) is 12.6 Å². The van der Waals surface area contributed by atoms with Gasteiger partial charge in [0.25, 0.3) is 0 Å². The second-order valence-corrected chi connectivity index (χ2v) is 6.99. The van der Waals surface area contributed by atoms with Crippen LogP contribution in [0.4, 0.5) is 0 Å². The zero-order valence-corrected chi connectivity index (χ0v) is 10.2. The predicted octanol–water partition coefficient (Wildman–Crippen LogP) is -1.04. The fraction of sp³-hybridized carbons (Fsp3) is 1.00. The van der Waals surface area contributed by atoms with Crippen LogP contribution in [-0.4, -0.2) is 61.2 Å². The molecule has 2 fully saturated rings. The van der Waals surface area contributed by atoms with Crippen LogP contribution in [0, 0.1) is 0 Å². The van der Waals surface area contributed by atoms with Gasteiger partial charge in [0.1, 0.15) is 0 Å². The van der Waals surface area contributed by atoms with Crippen molar-refractivity contribution in [2.75, 3.05) is 24.6 Å². The molecule has 2 aliphatic heterocycles. The third kappa shape index (κ3) is 2.40. The van der Waals surface area contributed by atoms with Crippen LogP contribution in [-0.2, 0) is 9.84 Å². The van der Waals surface area contributed by atoms with Crippen LogP contribution in [0.5, 0.6) is 0 Å². The lowest BCUT2D eigenvalue weighted by molar-refractivity contribution is 0.0375. The highest BCUT2D eigenvalue weighted by molar-refractivity contribution is 7.91. The molecule has 94 valence electrons. The standard InChI is InChI=1S/C10H20N2O3S/c11-5-8-3-1-2-4-12(8)9-6-16(14,15)7-10(9)13/h8-10,13H,1-7,11H2. The molecule has 0 radical (unpaired) electrons. The molecule has 0 spiro atoms. The number of sulfone groups is 1. The van der Waals surface area contributed by atoms with Crippen molar-refractivity contribution in [2.24, 2.45) is 5.73 Å². The minimum Gasteiger partial charge on any atom is -0.390 e. The first kappa shape index (κ1) is 12.3. The summed E-state index contributed by atoms with van der Waals surface area (Å²) in [7, 11) is -3.06. The maximum Gasteiger partial charge on any atom is 0.154 e. The van der Waals surface area contributed by atoms with Crippen molar-refractivity contribution in [1.29, 1.82) is 0 Å². The number of hydrogen-bond acceptors (Lipinski definition) is 5. The van der Waals surface area contributed by atoms with Gasteiger partial charge in [-0.15, -0.1) is 0 Å². The molecule has 0 aromatic carbocycles. The number of likely N-dealkylation sites (tertiary alicyclic amines) is 1. The Kier molecular flexibility index (Phi) is 3.53. The van der Waals surface area contributed by atoms with Gasteiger partial charge >= 0.3 is 0 Å². The maximum atomic E-state index is 11.5. The molecule has 0 saturated carbocycles. The molecule has 2 aliphatic rings. The van der Waals surface area contributed by atoms with Crippen molar-refractivity contribution in [2.45, 2.75) is 37.5 Å². The quantitative estimate of drug-likeness (QED) is 0.652. The monoisotopic (exact) mass is 248 g/mol. The van der Waals surface area contributed by atoms with Crippen LogP contribution in [0.2, 0.25) is 0 Å². The zero-order valence-electron chi connectivity index (χ0n) is 9.38. The normalized spacial score (nSPS) is 40.0. The van der Waals surface area contributed by atoms with Gasteiger partial charge in [-0.1, -0.05) is 6.42 Å². The van der Waals surface area contributed by atoms with Gasteiger partial charge in [0.15, 0.2) is 9.84 Å². The van der Waals surface area contributed by atoms with Crippen molar-refractivity contribution in [3.05, 3.63) is 0 Å². The average molecular weight is 248 g/mol. The lowest BCUT2D eigenvalue weighted by atomic mass is 9.99. The first-order valence-electron chi connectivity index (χ1n) is 5.88. The summed E-state index contributed by atoms with van der Waals surface area (Å²) in [5, 5.41) is 9.83. The Labute approximate surface area is 96.5 Å². The summed E-state index contributed by atoms with van der Waals surface area (Å²) in [4.78, 5) is 2.11. The maximum absolute atomic E-state index is 11.5. The second-order valence-electron chi connectivity index (χ2n) is 4.83. The third-order valence-corrected chi connectivity index (χ3v) is 5.36. The lowest BCUT2D eigenvalue weighted by Crippen LogP contribution is -2.53. The van der Waals surface area contributed by atoms with Crippen LogP contribution in [0.1, 0.15) is 19.3 Å². The molecular weight excluding hydrogens is 228 g/mol. The topological polar surface area (TPSA) is 83.6 Å². The summed E-state index contributed by atoms with van der Waals surface area (Å²) < 4.78 is 22.9. The van der Waals surface area contributed by atoms with Gasteiger partial charge in [-0.05, 0) is 19.4 Å². The fourth-order valence-electron chi connectivity index (χ4n) is 2.84. The minimum absolute atomic E-state index is 0.0880. The van der Waals surface area contributed by atoms with Gasteiger partial charge in [0.05, 0.1) is 23.7 Å². The van der Waals surface area contributed by atoms with Crippen molar-refractivity contribution in [1.82, 2.24) is 4.90 Å². The smallest absolute Gasteiger partial charge is 0.154 e. The first-order chi connectivity index (χ1) is 7.53. The third-order valence-electron chi connectivity index (χ3n) is 3.66. The van der Waals surface area contributed by atoms with Crippen LogP contribution >= 0.6 is 0 Å². The van der Waals surface area contributed by atoms with Gasteiger partial charge in [-0.25, -0.2) is 8.42 Å². The van der Waals surface area contributed by atoms with E-state index in [9.17, 15) is 13.5 Å². The molecule has 3 atom stereocenters. The van der Waals surface area contributed by atoms with E-state index in [-0.39, 0.29) is 23.6 Å². The van der Waals surface area contributed by atoms with Crippen molar-refractivity contribution < 1.29 is 13.5 Å². The van der Waals surface area contributed by atoms with Crippen LogP contribution in [0.15, 0.2) is 0 Å². The molecule has 0 aromatic heterocycles. The lowest BCUT2D eigenvalue weighted by Gasteiger charge is -2.39. The predicted molar refractivity (Wildman–Crippen MR) is 61.8 cm³/mol. The van der Waals surface area contributed by atoms with E-state index in [1.165, 1.54) is 0 Å². The Morgan fingerprint density at radius 2 is 2.06 bits per heavy atom. The van der Waals surface area contributed by atoms with E-state index >= 15 is 0 Å². The fourth-order valence-corrected chi connectivity index (χ4v) is 4.65. The summed E-state index contributed by atoms with van der Waals surface area (Å²) in [6.45, 7) is 1.41. The van der Waals surface area contributed by atoms with E-state index in [2.05, 4.69) is 4.90 Å². The van der Waals surface area contributed by atoms with Crippen LogP contribution < -0.4 is 5.73 Å². The van der Waals surface area contributed by atoms with E-state index in [1.54, 1.807) is 0 Å². The van der Waals surface area contributed by atoms with Gasteiger partial charge in [0.2, 0.25) is 0 Å². The molecule has 3 unspecified atom stereocenters. The highest BCUT2D eigenvalue weighted by Crippen LogP contribution is 2.25. The molecule has 16 heavy (non-hydrogen) atoms. The SMILES string of the molecule is NCC1CCCCN1C1CS(=O)(=O)CC1O. The van der Waals surface area contributed by atoms with E-state index < -0.39 is 15.9 Å². The van der Waals surface area contributed by atoms with E-state index in [1.807, 2.05) is 0 Å². The van der Waals surface area contributed by atoms with Gasteiger partial charge in [-0.3, -0.25) is 4.90 Å². The van der Waals surface area contributed by atoms with E-state index in [0.29, 0.717) is 6.54 Å². The minimum atomic E-state index is -3.06. The highest BCUT2D eigenvalue weighted by Gasteiger charge is 2.42. The number of nitrogens with two attached hydrogens (primary N) is 1. The molecule has 0 amide bonds. The summed E-state index contributed by atoms with van der Waals surface area (Å²) in [6.07, 6.45) is 2.49. The van der Waals surface area contributed by atoms with Gasteiger partial charge in [-0.2, -0.15) is 0 Å². The number of rotatable bonds is 2. The van der Waals surface area contributed by atoms with Crippen LogP contribution in [0.25, 0.3) is 0 Å². The summed E-state index contributed by atoms with van der Waals surface area (Å²) in [6, 6.07) is 0.000509. The number of piperidine rings is 1. The molecular formula is C10H20N2O3S. The molecule has 0 aliphatic carbocycles. The Morgan fingerprint density at radius 1 is 1.31 bits per heavy atom. The van der Waals surface area contributed by atoms with E-state index in [4.69, 9.17) is 5.73 Å². The number of nitrogens with zero attached hydrogens (tertiary/aromatic N) is 1. The van der Waals surface area contributed by atoms with Crippen molar-refractivity contribution >= 4 is 9.84 Å². The average Bonchev–Trinajstić information content (AvgIpc) is 2.52. The largest absolute Gasteiger partial charge is 0.390 e. The second kappa shape index (κ2) is 4.60. The highest BCUT2D eigenvalue weighted by atomic mass is 32.2. The first-order valence-corrected chi connectivity index (χ1v) is 7.70.